The minimum Gasteiger partial charge on any atom is -0.371 e. The highest BCUT2D eigenvalue weighted by molar-refractivity contribution is 7.88. The van der Waals surface area contributed by atoms with Gasteiger partial charge in [-0.2, -0.15) is 0 Å². The summed E-state index contributed by atoms with van der Waals surface area (Å²) in [7, 11) is -3.20. The SMILES string of the molecule is CC1(C)OC2COC(CNS(C)(=O)=O)C2O1. The maximum absolute atomic E-state index is 11.0. The molecule has 7 heteroatoms. The zero-order valence-corrected chi connectivity index (χ0v) is 10.4. The van der Waals surface area contributed by atoms with Crippen LogP contribution in [0.15, 0.2) is 0 Å². The van der Waals surface area contributed by atoms with Crippen LogP contribution in [0.25, 0.3) is 0 Å². The highest BCUT2D eigenvalue weighted by atomic mass is 32.2. The van der Waals surface area contributed by atoms with Crippen LogP contribution in [-0.2, 0) is 24.2 Å². The lowest BCUT2D eigenvalue weighted by Crippen LogP contribution is -2.39. The van der Waals surface area contributed by atoms with Crippen molar-refractivity contribution < 1.29 is 22.6 Å². The van der Waals surface area contributed by atoms with Crippen LogP contribution in [0, 0.1) is 0 Å². The van der Waals surface area contributed by atoms with Crippen LogP contribution in [-0.4, -0.2) is 51.9 Å². The van der Waals surface area contributed by atoms with E-state index in [0.29, 0.717) is 6.61 Å². The molecule has 2 heterocycles. The fourth-order valence-corrected chi connectivity index (χ4v) is 2.50. The van der Waals surface area contributed by atoms with Gasteiger partial charge in [0.25, 0.3) is 0 Å². The van der Waals surface area contributed by atoms with Gasteiger partial charge in [0, 0.05) is 6.54 Å². The number of ether oxygens (including phenoxy) is 3. The molecule has 2 saturated heterocycles. The third-order valence-electron chi connectivity index (χ3n) is 2.61. The Morgan fingerprint density at radius 2 is 2.06 bits per heavy atom. The average molecular weight is 251 g/mol. The van der Waals surface area contributed by atoms with Gasteiger partial charge in [0.05, 0.1) is 12.9 Å². The van der Waals surface area contributed by atoms with Gasteiger partial charge in [-0.1, -0.05) is 0 Å². The molecule has 0 radical (unpaired) electrons. The summed E-state index contributed by atoms with van der Waals surface area (Å²) in [6.45, 7) is 4.35. The lowest BCUT2D eigenvalue weighted by molar-refractivity contribution is -0.174. The molecule has 2 fully saturated rings. The van der Waals surface area contributed by atoms with Crippen LogP contribution >= 0.6 is 0 Å². The Hall–Kier alpha value is -0.210. The quantitative estimate of drug-likeness (QED) is 0.729. The molecule has 0 aromatic carbocycles. The van der Waals surface area contributed by atoms with Crippen molar-refractivity contribution in [1.29, 1.82) is 0 Å². The first-order valence-electron chi connectivity index (χ1n) is 5.19. The molecule has 2 aliphatic rings. The summed E-state index contributed by atoms with van der Waals surface area (Å²) in [6.07, 6.45) is 0.558. The molecule has 0 aromatic rings. The Bertz CT molecular complexity index is 366. The van der Waals surface area contributed by atoms with Crippen LogP contribution in [0.1, 0.15) is 13.8 Å². The second-order valence-electron chi connectivity index (χ2n) is 4.63. The first kappa shape index (κ1) is 12.3. The van der Waals surface area contributed by atoms with Crippen LogP contribution < -0.4 is 4.72 Å². The molecule has 0 bridgehead atoms. The van der Waals surface area contributed by atoms with Gasteiger partial charge >= 0.3 is 0 Å². The van der Waals surface area contributed by atoms with Crippen molar-refractivity contribution in [2.75, 3.05) is 19.4 Å². The normalized spacial score (nSPS) is 37.6. The maximum Gasteiger partial charge on any atom is 0.208 e. The van der Waals surface area contributed by atoms with E-state index in [9.17, 15) is 8.42 Å². The van der Waals surface area contributed by atoms with E-state index in [1.165, 1.54) is 0 Å². The Morgan fingerprint density at radius 1 is 1.38 bits per heavy atom. The van der Waals surface area contributed by atoms with E-state index in [4.69, 9.17) is 14.2 Å². The van der Waals surface area contributed by atoms with E-state index >= 15 is 0 Å². The third kappa shape index (κ3) is 2.72. The number of rotatable bonds is 3. The van der Waals surface area contributed by atoms with Crippen molar-refractivity contribution in [3.8, 4) is 0 Å². The van der Waals surface area contributed by atoms with Gasteiger partial charge in [-0.3, -0.25) is 0 Å². The molecule has 0 aromatic heterocycles. The van der Waals surface area contributed by atoms with Gasteiger partial charge in [-0.15, -0.1) is 0 Å². The van der Waals surface area contributed by atoms with Crippen molar-refractivity contribution in [2.45, 2.75) is 37.9 Å². The zero-order valence-electron chi connectivity index (χ0n) is 9.60. The van der Waals surface area contributed by atoms with Crippen LogP contribution in [0.3, 0.4) is 0 Å². The van der Waals surface area contributed by atoms with E-state index in [1.54, 1.807) is 0 Å². The minimum atomic E-state index is -3.20. The van der Waals surface area contributed by atoms with Gasteiger partial charge in [-0.25, -0.2) is 13.1 Å². The molecule has 2 aliphatic heterocycles. The lowest BCUT2D eigenvalue weighted by atomic mass is 10.1. The summed E-state index contributed by atoms with van der Waals surface area (Å²) in [5, 5.41) is 0. The highest BCUT2D eigenvalue weighted by Crippen LogP contribution is 2.34. The maximum atomic E-state index is 11.0. The van der Waals surface area contributed by atoms with Gasteiger partial charge in [-0.05, 0) is 13.8 Å². The topological polar surface area (TPSA) is 73.9 Å². The molecule has 94 valence electrons. The van der Waals surface area contributed by atoms with Gasteiger partial charge in [0.2, 0.25) is 10.0 Å². The van der Waals surface area contributed by atoms with E-state index in [1.807, 2.05) is 13.8 Å². The molecule has 0 saturated carbocycles. The number of hydrogen-bond donors (Lipinski definition) is 1. The summed E-state index contributed by atoms with van der Waals surface area (Å²) in [6, 6.07) is 0. The predicted molar refractivity (Wildman–Crippen MR) is 56.4 cm³/mol. The van der Waals surface area contributed by atoms with Crippen molar-refractivity contribution in [3.63, 3.8) is 0 Å². The fourth-order valence-electron chi connectivity index (χ4n) is 2.03. The second-order valence-corrected chi connectivity index (χ2v) is 6.46. The summed E-state index contributed by atoms with van der Waals surface area (Å²) in [5.74, 6) is -0.609. The number of sulfonamides is 1. The van der Waals surface area contributed by atoms with Crippen molar-refractivity contribution in [1.82, 2.24) is 4.72 Å². The Morgan fingerprint density at radius 3 is 2.69 bits per heavy atom. The summed E-state index contributed by atoms with van der Waals surface area (Å²) in [5.41, 5.74) is 0. The first-order valence-corrected chi connectivity index (χ1v) is 7.08. The third-order valence-corrected chi connectivity index (χ3v) is 3.30. The molecule has 1 N–H and O–H groups in total. The first-order chi connectivity index (χ1) is 7.27. The number of nitrogens with one attached hydrogen (secondary N) is 1. The van der Waals surface area contributed by atoms with Gasteiger partial charge in [0.1, 0.15) is 18.3 Å². The Labute approximate surface area is 95.3 Å². The predicted octanol–water partition coefficient (Wildman–Crippen LogP) is -0.545. The molecule has 2 rings (SSSR count). The Balaban J connectivity index is 1.94. The second kappa shape index (κ2) is 3.92. The van der Waals surface area contributed by atoms with Crippen molar-refractivity contribution >= 4 is 10.0 Å². The van der Waals surface area contributed by atoms with Crippen LogP contribution in [0.2, 0.25) is 0 Å². The molecule has 0 amide bonds. The molecule has 0 aliphatic carbocycles. The fraction of sp³-hybridized carbons (Fsp3) is 1.00. The van der Waals surface area contributed by atoms with Crippen LogP contribution in [0.5, 0.6) is 0 Å². The lowest BCUT2D eigenvalue weighted by Gasteiger charge is -2.21. The number of fused-ring (bicyclic) bond motifs is 1. The monoisotopic (exact) mass is 251 g/mol. The highest BCUT2D eigenvalue weighted by Gasteiger charge is 2.49. The largest absolute Gasteiger partial charge is 0.371 e. The van der Waals surface area contributed by atoms with E-state index in [0.717, 1.165) is 6.26 Å². The van der Waals surface area contributed by atoms with E-state index in [2.05, 4.69) is 4.72 Å². The van der Waals surface area contributed by atoms with Gasteiger partial charge in [0.15, 0.2) is 5.79 Å². The summed E-state index contributed by atoms with van der Waals surface area (Å²) >= 11 is 0. The van der Waals surface area contributed by atoms with Crippen LogP contribution in [0.4, 0.5) is 0 Å². The van der Waals surface area contributed by atoms with E-state index < -0.39 is 15.8 Å². The zero-order chi connectivity index (χ0) is 12.0. The van der Waals surface area contributed by atoms with E-state index in [-0.39, 0.29) is 24.9 Å². The summed E-state index contributed by atoms with van der Waals surface area (Å²) < 4.78 is 41.1. The number of hydrogen-bond acceptors (Lipinski definition) is 5. The Kier molecular flexibility index (Phi) is 3.00. The minimum absolute atomic E-state index is 0.0960. The molecular formula is C9H17NO5S. The van der Waals surface area contributed by atoms with Crippen molar-refractivity contribution in [2.24, 2.45) is 0 Å². The van der Waals surface area contributed by atoms with Gasteiger partial charge < -0.3 is 14.2 Å². The molecule has 0 spiro atoms. The smallest absolute Gasteiger partial charge is 0.208 e. The molecule has 16 heavy (non-hydrogen) atoms. The summed E-state index contributed by atoms with van der Waals surface area (Å²) in [4.78, 5) is 0. The molecule has 3 unspecified atom stereocenters. The van der Waals surface area contributed by atoms with Crippen molar-refractivity contribution in [3.05, 3.63) is 0 Å². The average Bonchev–Trinajstić information content (AvgIpc) is 2.55. The molecule has 3 atom stereocenters. The molecular weight excluding hydrogens is 234 g/mol. The molecule has 6 nitrogen and oxygen atoms in total. The standard InChI is InChI=1S/C9H17NO5S/c1-9(2)14-7-5-13-6(8(7)15-9)4-10-16(3,11)12/h6-8,10H,4-5H2,1-3H3.